The molecule has 1 atom stereocenters. The number of hydrogen-bond acceptors (Lipinski definition) is 5. The molecule has 0 bridgehead atoms. The predicted molar refractivity (Wildman–Crippen MR) is 129 cm³/mol. The average Bonchev–Trinajstić information content (AvgIpc) is 2.84. The van der Waals surface area contributed by atoms with Crippen LogP contribution in [0.3, 0.4) is 0 Å². The third-order valence-corrected chi connectivity index (χ3v) is 5.50. The first-order valence-corrected chi connectivity index (χ1v) is 10.6. The Morgan fingerprint density at radius 1 is 0.971 bits per heavy atom. The number of anilines is 1. The molecule has 3 N–H and O–H groups in total. The molecule has 0 radical (unpaired) electrons. The van der Waals surface area contributed by atoms with Gasteiger partial charge in [0.2, 0.25) is 0 Å². The van der Waals surface area contributed by atoms with Crippen molar-refractivity contribution < 1.29 is 19.5 Å². The third-order valence-electron chi connectivity index (χ3n) is 5.50. The van der Waals surface area contributed by atoms with E-state index in [2.05, 4.69) is 15.4 Å². The zero-order valence-corrected chi connectivity index (χ0v) is 18.6. The summed E-state index contributed by atoms with van der Waals surface area (Å²) in [6, 6.07) is 21.5. The summed E-state index contributed by atoms with van der Waals surface area (Å²) >= 11 is 0. The Hall–Kier alpha value is -4.59. The number of aromatic nitrogens is 1. The highest BCUT2D eigenvalue weighted by atomic mass is 16.5. The molecular formula is C26H23N3O5. The van der Waals surface area contributed by atoms with Crippen molar-refractivity contribution in [1.29, 1.82) is 0 Å². The van der Waals surface area contributed by atoms with E-state index in [0.29, 0.717) is 21.5 Å². The fraction of sp³-hybridized carbons (Fsp3) is 0.115. The van der Waals surface area contributed by atoms with E-state index < -0.39 is 11.5 Å². The largest absolute Gasteiger partial charge is 0.465 e. The molecule has 1 heterocycles. The van der Waals surface area contributed by atoms with Gasteiger partial charge in [-0.2, -0.15) is 4.73 Å². The SMILES string of the molecule is COC(=O)c1cc(-c2cccc(NC(=O)NC(C)c3cccc4ccccc34)c2)cn(O)c1=O. The second kappa shape index (κ2) is 9.50. The van der Waals surface area contributed by atoms with Crippen molar-refractivity contribution >= 4 is 28.5 Å². The Morgan fingerprint density at radius 3 is 2.50 bits per heavy atom. The average molecular weight is 457 g/mol. The van der Waals surface area contributed by atoms with Crippen molar-refractivity contribution in [3.63, 3.8) is 0 Å². The van der Waals surface area contributed by atoms with Crippen LogP contribution < -0.4 is 16.2 Å². The number of hydrogen-bond donors (Lipinski definition) is 3. The van der Waals surface area contributed by atoms with Crippen LogP contribution in [0.15, 0.2) is 83.8 Å². The molecule has 8 heteroatoms. The first kappa shape index (κ1) is 22.6. The minimum Gasteiger partial charge on any atom is -0.465 e. The standard InChI is InChI=1S/C26H23N3O5/c1-16(21-12-6-8-17-7-3-4-11-22(17)21)27-26(32)28-20-10-5-9-18(13-20)19-14-23(25(31)34-2)24(30)29(33)15-19/h3-16,33H,1-2H3,(H2,27,28,32). The van der Waals surface area contributed by atoms with Crippen molar-refractivity contribution in [3.8, 4) is 11.1 Å². The lowest BCUT2D eigenvalue weighted by Gasteiger charge is -2.17. The number of pyridine rings is 1. The molecule has 0 fully saturated rings. The van der Waals surface area contributed by atoms with Gasteiger partial charge in [-0.25, -0.2) is 9.59 Å². The van der Waals surface area contributed by atoms with E-state index in [0.717, 1.165) is 23.4 Å². The molecule has 0 saturated heterocycles. The topological polar surface area (TPSA) is 110 Å². The number of amides is 2. The number of ether oxygens (including phenoxy) is 1. The van der Waals surface area contributed by atoms with Gasteiger partial charge in [-0.05, 0) is 47.0 Å². The fourth-order valence-electron chi connectivity index (χ4n) is 3.83. The van der Waals surface area contributed by atoms with E-state index in [4.69, 9.17) is 0 Å². The van der Waals surface area contributed by atoms with E-state index in [1.54, 1.807) is 24.3 Å². The zero-order chi connectivity index (χ0) is 24.2. The van der Waals surface area contributed by atoms with Gasteiger partial charge in [-0.15, -0.1) is 0 Å². The summed E-state index contributed by atoms with van der Waals surface area (Å²) in [5, 5.41) is 17.8. The monoisotopic (exact) mass is 457 g/mol. The number of methoxy groups -OCH3 is 1. The maximum absolute atomic E-state index is 12.7. The van der Waals surface area contributed by atoms with E-state index in [1.807, 2.05) is 49.4 Å². The number of esters is 1. The Kier molecular flexibility index (Phi) is 6.31. The molecule has 2 amide bonds. The van der Waals surface area contributed by atoms with E-state index >= 15 is 0 Å². The van der Waals surface area contributed by atoms with Crippen molar-refractivity contribution in [2.45, 2.75) is 13.0 Å². The maximum Gasteiger partial charge on any atom is 0.343 e. The summed E-state index contributed by atoms with van der Waals surface area (Å²) in [6.45, 7) is 1.91. The highest BCUT2D eigenvalue weighted by Crippen LogP contribution is 2.25. The lowest BCUT2D eigenvalue weighted by atomic mass is 10.00. The molecule has 4 aromatic rings. The second-order valence-electron chi connectivity index (χ2n) is 7.75. The molecule has 0 aliphatic heterocycles. The molecule has 0 saturated carbocycles. The molecule has 34 heavy (non-hydrogen) atoms. The van der Waals surface area contributed by atoms with Crippen molar-refractivity contribution in [2.24, 2.45) is 0 Å². The summed E-state index contributed by atoms with van der Waals surface area (Å²) in [5.41, 5.74) is 1.29. The molecule has 4 rings (SSSR count). The van der Waals surface area contributed by atoms with Crippen LogP contribution in [0.4, 0.5) is 10.5 Å². The van der Waals surface area contributed by atoms with Gasteiger partial charge in [0.15, 0.2) is 0 Å². The minimum atomic E-state index is -0.883. The molecule has 172 valence electrons. The van der Waals surface area contributed by atoms with E-state index in [-0.39, 0.29) is 17.6 Å². The Morgan fingerprint density at radius 2 is 1.71 bits per heavy atom. The van der Waals surface area contributed by atoms with E-state index in [9.17, 15) is 19.6 Å². The Labute approximate surface area is 195 Å². The summed E-state index contributed by atoms with van der Waals surface area (Å²) in [6.07, 6.45) is 1.19. The van der Waals surface area contributed by atoms with Crippen molar-refractivity contribution in [2.75, 3.05) is 12.4 Å². The van der Waals surface area contributed by atoms with Gasteiger partial charge < -0.3 is 20.6 Å². The van der Waals surface area contributed by atoms with Crippen LogP contribution in [0.2, 0.25) is 0 Å². The van der Waals surface area contributed by atoms with Gasteiger partial charge in [-0.3, -0.25) is 4.79 Å². The number of rotatable bonds is 5. The summed E-state index contributed by atoms with van der Waals surface area (Å²) in [5.74, 6) is -0.856. The molecular weight excluding hydrogens is 434 g/mol. The van der Waals surface area contributed by atoms with Crippen LogP contribution in [0.5, 0.6) is 0 Å². The van der Waals surface area contributed by atoms with Crippen LogP contribution in [0.1, 0.15) is 28.9 Å². The van der Waals surface area contributed by atoms with Gasteiger partial charge >= 0.3 is 12.0 Å². The molecule has 8 nitrogen and oxygen atoms in total. The minimum absolute atomic E-state index is 0.241. The van der Waals surface area contributed by atoms with Gasteiger partial charge in [0, 0.05) is 11.3 Å². The zero-order valence-electron chi connectivity index (χ0n) is 18.6. The molecule has 0 aliphatic rings. The molecule has 0 spiro atoms. The van der Waals surface area contributed by atoms with Crippen LogP contribution in [-0.4, -0.2) is 29.0 Å². The van der Waals surface area contributed by atoms with Crippen LogP contribution in [0, 0.1) is 0 Å². The number of carbonyl (C=O) groups is 2. The number of nitrogens with one attached hydrogen (secondary N) is 2. The summed E-state index contributed by atoms with van der Waals surface area (Å²) < 4.78 is 4.94. The lowest BCUT2D eigenvalue weighted by Crippen LogP contribution is -2.31. The highest BCUT2D eigenvalue weighted by molar-refractivity contribution is 5.93. The summed E-state index contributed by atoms with van der Waals surface area (Å²) in [7, 11) is 1.15. The van der Waals surface area contributed by atoms with Crippen molar-refractivity contribution in [3.05, 3.63) is 100 Å². The quantitative estimate of drug-likeness (QED) is 0.300. The molecule has 1 aromatic heterocycles. The lowest BCUT2D eigenvalue weighted by molar-refractivity contribution is 0.0592. The number of fused-ring (bicyclic) bond motifs is 1. The molecule has 0 aliphatic carbocycles. The number of carbonyl (C=O) groups excluding carboxylic acids is 2. The Bertz CT molecular complexity index is 1440. The smallest absolute Gasteiger partial charge is 0.343 e. The van der Waals surface area contributed by atoms with Crippen LogP contribution in [0.25, 0.3) is 21.9 Å². The van der Waals surface area contributed by atoms with Crippen LogP contribution in [-0.2, 0) is 4.74 Å². The van der Waals surface area contributed by atoms with Gasteiger partial charge in [0.1, 0.15) is 5.56 Å². The van der Waals surface area contributed by atoms with E-state index in [1.165, 1.54) is 12.3 Å². The fourth-order valence-corrected chi connectivity index (χ4v) is 3.83. The van der Waals surface area contributed by atoms with Crippen molar-refractivity contribution in [1.82, 2.24) is 10.0 Å². The van der Waals surface area contributed by atoms with Gasteiger partial charge in [0.05, 0.1) is 19.3 Å². The first-order chi connectivity index (χ1) is 16.4. The van der Waals surface area contributed by atoms with Gasteiger partial charge in [-0.1, -0.05) is 54.6 Å². The van der Waals surface area contributed by atoms with Crippen LogP contribution >= 0.6 is 0 Å². The van der Waals surface area contributed by atoms with Gasteiger partial charge in [0.25, 0.3) is 5.56 Å². The second-order valence-corrected chi connectivity index (χ2v) is 7.75. The predicted octanol–water partition coefficient (Wildman–Crippen LogP) is 4.58. The Balaban J connectivity index is 1.54. The number of benzene rings is 3. The maximum atomic E-state index is 12.7. The number of urea groups is 1. The number of nitrogens with zero attached hydrogens (tertiary/aromatic N) is 1. The normalized spacial score (nSPS) is 11.6. The molecule has 3 aromatic carbocycles. The highest BCUT2D eigenvalue weighted by Gasteiger charge is 2.16. The first-order valence-electron chi connectivity index (χ1n) is 10.6. The third kappa shape index (κ3) is 4.61. The molecule has 1 unspecified atom stereocenters. The summed E-state index contributed by atoms with van der Waals surface area (Å²) in [4.78, 5) is 36.6.